The Morgan fingerprint density at radius 1 is 1.14 bits per heavy atom. The highest BCUT2D eigenvalue weighted by Gasteiger charge is 2.17. The van der Waals surface area contributed by atoms with Gasteiger partial charge in [-0.05, 0) is 61.4 Å². The first-order valence-electron chi connectivity index (χ1n) is 8.96. The van der Waals surface area contributed by atoms with Crippen LogP contribution in [0.4, 0.5) is 4.39 Å². The molecule has 0 radical (unpaired) electrons. The minimum Gasteiger partial charge on any atom is -0.504 e. The van der Waals surface area contributed by atoms with Crippen molar-refractivity contribution in [1.82, 2.24) is 15.1 Å². The number of carbonyl (C=O) groups is 1. The van der Waals surface area contributed by atoms with Gasteiger partial charge in [0.2, 0.25) is 0 Å². The first kappa shape index (κ1) is 18.9. The Labute approximate surface area is 169 Å². The highest BCUT2D eigenvalue weighted by Crippen LogP contribution is 2.30. The van der Waals surface area contributed by atoms with Gasteiger partial charge in [-0.3, -0.25) is 4.79 Å². The average molecular weight is 411 g/mol. The van der Waals surface area contributed by atoms with Gasteiger partial charge < -0.3 is 15.5 Å². The summed E-state index contributed by atoms with van der Waals surface area (Å²) in [4.78, 5) is 13.9. The van der Waals surface area contributed by atoms with Crippen LogP contribution < -0.4 is 5.32 Å². The molecule has 0 atom stereocenters. The number of nitrogens with zero attached hydrogens (tertiary/aromatic N) is 2. The number of halogens is 1. The van der Waals surface area contributed by atoms with E-state index in [1.165, 1.54) is 35.6 Å². The third-order valence-corrected chi connectivity index (χ3v) is 5.69. The molecule has 0 aliphatic carbocycles. The van der Waals surface area contributed by atoms with Gasteiger partial charge in [0.1, 0.15) is 10.6 Å². The Kier molecular flexibility index (Phi) is 4.94. The molecule has 0 aliphatic heterocycles. The lowest BCUT2D eigenvalue weighted by molar-refractivity contribution is 0.0958. The maximum absolute atomic E-state index is 13.2. The molecule has 0 aliphatic rings. The molecule has 0 spiro atoms. The van der Waals surface area contributed by atoms with E-state index in [0.29, 0.717) is 17.8 Å². The number of aromatic hydroxyl groups is 2. The number of aryl methyl sites for hydroxylation is 1. The molecular formula is C21H18FN3O3S. The fourth-order valence-electron chi connectivity index (χ4n) is 3.05. The number of hydrogen-bond acceptors (Lipinski definition) is 5. The molecule has 2 heterocycles. The monoisotopic (exact) mass is 411 g/mol. The maximum atomic E-state index is 13.2. The minimum absolute atomic E-state index is 0.173. The molecule has 8 heteroatoms. The number of aromatic nitrogens is 2. The van der Waals surface area contributed by atoms with Gasteiger partial charge in [-0.1, -0.05) is 6.07 Å². The Morgan fingerprint density at radius 3 is 2.62 bits per heavy atom. The van der Waals surface area contributed by atoms with Gasteiger partial charge in [0, 0.05) is 11.9 Å². The van der Waals surface area contributed by atoms with Crippen molar-refractivity contribution >= 4 is 27.5 Å². The summed E-state index contributed by atoms with van der Waals surface area (Å²) in [5, 5.41) is 27.1. The number of rotatable bonds is 5. The van der Waals surface area contributed by atoms with Crippen LogP contribution in [0.15, 0.2) is 48.5 Å². The van der Waals surface area contributed by atoms with E-state index >= 15 is 0 Å². The molecule has 0 unspecified atom stereocenters. The SMILES string of the molecule is Cc1nn(-c2ccc(F)cc2)c2sc(C(=O)NCCc3ccc(O)c(O)c3)cc12. The summed E-state index contributed by atoms with van der Waals surface area (Å²) in [6, 6.07) is 12.4. The lowest BCUT2D eigenvalue weighted by Gasteiger charge is -2.05. The number of nitrogens with one attached hydrogen (secondary N) is 1. The molecule has 4 rings (SSSR count). The first-order valence-corrected chi connectivity index (χ1v) is 9.78. The Morgan fingerprint density at radius 2 is 1.90 bits per heavy atom. The van der Waals surface area contributed by atoms with Crippen LogP contribution in [0.1, 0.15) is 20.9 Å². The summed E-state index contributed by atoms with van der Waals surface area (Å²) >= 11 is 1.32. The number of benzene rings is 2. The number of fused-ring (bicyclic) bond motifs is 1. The Bertz CT molecular complexity index is 1200. The van der Waals surface area contributed by atoms with Crippen LogP contribution in [0.5, 0.6) is 11.5 Å². The van der Waals surface area contributed by atoms with Crippen molar-refractivity contribution in [1.29, 1.82) is 0 Å². The largest absolute Gasteiger partial charge is 0.504 e. The molecule has 0 fully saturated rings. The van der Waals surface area contributed by atoms with Crippen molar-refractivity contribution in [3.05, 3.63) is 70.5 Å². The zero-order valence-electron chi connectivity index (χ0n) is 15.5. The van der Waals surface area contributed by atoms with Crippen LogP contribution >= 0.6 is 11.3 Å². The third kappa shape index (κ3) is 3.79. The summed E-state index contributed by atoms with van der Waals surface area (Å²) in [6.45, 7) is 2.26. The zero-order valence-corrected chi connectivity index (χ0v) is 16.3. The highest BCUT2D eigenvalue weighted by molar-refractivity contribution is 7.20. The maximum Gasteiger partial charge on any atom is 0.261 e. The molecule has 3 N–H and O–H groups in total. The molecule has 4 aromatic rings. The second-order valence-electron chi connectivity index (χ2n) is 6.63. The fraction of sp³-hybridized carbons (Fsp3) is 0.143. The second-order valence-corrected chi connectivity index (χ2v) is 7.66. The van der Waals surface area contributed by atoms with Crippen LogP contribution in [0.2, 0.25) is 0 Å². The lowest BCUT2D eigenvalue weighted by atomic mass is 10.1. The molecule has 0 saturated heterocycles. The van der Waals surface area contributed by atoms with E-state index in [4.69, 9.17) is 0 Å². The normalized spacial score (nSPS) is 11.1. The van der Waals surface area contributed by atoms with Crippen molar-refractivity contribution < 1.29 is 19.4 Å². The molecule has 0 saturated carbocycles. The molecule has 1 amide bonds. The standard InChI is InChI=1S/C21H18FN3O3S/c1-12-16-11-19(20(28)23-9-8-13-2-7-17(26)18(27)10-13)29-21(16)25(24-12)15-5-3-14(22)4-6-15/h2-7,10-11,26-27H,8-9H2,1H3,(H,23,28). The summed E-state index contributed by atoms with van der Waals surface area (Å²) < 4.78 is 14.9. The molecule has 2 aromatic heterocycles. The van der Waals surface area contributed by atoms with Gasteiger partial charge in [0.05, 0.1) is 16.3 Å². The van der Waals surface area contributed by atoms with Crippen molar-refractivity contribution in [2.75, 3.05) is 6.54 Å². The number of thiophene rings is 1. The van der Waals surface area contributed by atoms with E-state index < -0.39 is 0 Å². The van der Waals surface area contributed by atoms with Gasteiger partial charge in [0.25, 0.3) is 5.91 Å². The Hall–Kier alpha value is -3.39. The molecule has 148 valence electrons. The summed E-state index contributed by atoms with van der Waals surface area (Å²) in [5.74, 6) is -0.867. The lowest BCUT2D eigenvalue weighted by Crippen LogP contribution is -2.24. The van der Waals surface area contributed by atoms with Crippen LogP contribution in [-0.4, -0.2) is 32.4 Å². The number of phenols is 2. The topological polar surface area (TPSA) is 87.4 Å². The molecular weight excluding hydrogens is 393 g/mol. The van der Waals surface area contributed by atoms with Gasteiger partial charge in [-0.2, -0.15) is 5.10 Å². The average Bonchev–Trinajstić information content (AvgIpc) is 3.26. The van der Waals surface area contributed by atoms with Gasteiger partial charge in [0.15, 0.2) is 11.5 Å². The minimum atomic E-state index is -0.318. The predicted molar refractivity (Wildman–Crippen MR) is 109 cm³/mol. The number of carbonyl (C=O) groups excluding carboxylic acids is 1. The fourth-order valence-corrected chi connectivity index (χ4v) is 4.15. The second kappa shape index (κ2) is 7.56. The van der Waals surface area contributed by atoms with E-state index in [9.17, 15) is 19.4 Å². The van der Waals surface area contributed by atoms with Gasteiger partial charge in [-0.25, -0.2) is 9.07 Å². The van der Waals surface area contributed by atoms with Crippen LogP contribution in [0.25, 0.3) is 15.9 Å². The number of phenolic OH excluding ortho intramolecular Hbond substituents is 2. The van der Waals surface area contributed by atoms with Gasteiger partial charge in [-0.15, -0.1) is 11.3 Å². The highest BCUT2D eigenvalue weighted by atomic mass is 32.1. The summed E-state index contributed by atoms with van der Waals surface area (Å²) in [6.07, 6.45) is 0.521. The van der Waals surface area contributed by atoms with Crippen molar-refractivity contribution in [3.8, 4) is 17.2 Å². The van der Waals surface area contributed by atoms with E-state index in [2.05, 4.69) is 10.4 Å². The van der Waals surface area contributed by atoms with E-state index in [-0.39, 0.29) is 23.2 Å². The number of hydrogen-bond donors (Lipinski definition) is 3. The smallest absolute Gasteiger partial charge is 0.261 e. The Balaban J connectivity index is 1.50. The van der Waals surface area contributed by atoms with Crippen molar-refractivity contribution in [2.24, 2.45) is 0 Å². The third-order valence-electron chi connectivity index (χ3n) is 4.58. The zero-order chi connectivity index (χ0) is 20.5. The summed E-state index contributed by atoms with van der Waals surface area (Å²) in [7, 11) is 0. The first-order chi connectivity index (χ1) is 13.9. The van der Waals surface area contributed by atoms with E-state index in [1.807, 2.05) is 13.0 Å². The molecule has 6 nitrogen and oxygen atoms in total. The van der Waals surface area contributed by atoms with Gasteiger partial charge >= 0.3 is 0 Å². The molecule has 29 heavy (non-hydrogen) atoms. The van der Waals surface area contributed by atoms with Crippen LogP contribution in [0.3, 0.4) is 0 Å². The van der Waals surface area contributed by atoms with Crippen molar-refractivity contribution in [2.45, 2.75) is 13.3 Å². The quantitative estimate of drug-likeness (QED) is 0.435. The predicted octanol–water partition coefficient (Wildman–Crippen LogP) is 3.92. The summed E-state index contributed by atoms with van der Waals surface area (Å²) in [5.41, 5.74) is 2.32. The van der Waals surface area contributed by atoms with E-state index in [1.54, 1.807) is 22.9 Å². The number of amides is 1. The molecule has 0 bridgehead atoms. The molecule has 2 aromatic carbocycles. The van der Waals surface area contributed by atoms with Crippen LogP contribution in [-0.2, 0) is 6.42 Å². The van der Waals surface area contributed by atoms with Crippen molar-refractivity contribution in [3.63, 3.8) is 0 Å². The van der Waals surface area contributed by atoms with Crippen LogP contribution in [0, 0.1) is 12.7 Å². The van der Waals surface area contributed by atoms with E-state index in [0.717, 1.165) is 27.2 Å².